The van der Waals surface area contributed by atoms with Crippen LogP contribution in [0.15, 0.2) is 29.4 Å². The van der Waals surface area contributed by atoms with Crippen LogP contribution in [-0.2, 0) is 33.3 Å². The molecule has 45 heavy (non-hydrogen) atoms. The molecular formula is C31H35NO13. The van der Waals surface area contributed by atoms with Crippen LogP contribution < -0.4 is 18.9 Å². The van der Waals surface area contributed by atoms with Gasteiger partial charge in [0.1, 0.15) is 43.0 Å². The number of aliphatic hydroxyl groups excluding tert-OH is 2. The Morgan fingerprint density at radius 3 is 2.31 bits per heavy atom. The molecule has 242 valence electrons. The molecule has 4 aliphatic heterocycles. The Kier molecular flexibility index (Phi) is 7.96. The molecule has 3 saturated heterocycles. The molecule has 10 atom stereocenters. The Morgan fingerprint density at radius 2 is 1.62 bits per heavy atom. The third kappa shape index (κ3) is 5.05. The summed E-state index contributed by atoms with van der Waals surface area (Å²) in [5, 5.41) is 25.9. The highest BCUT2D eigenvalue weighted by molar-refractivity contribution is 5.88. The minimum Gasteiger partial charge on any atom is -0.496 e. The van der Waals surface area contributed by atoms with Crippen molar-refractivity contribution in [3.8, 4) is 23.0 Å². The van der Waals surface area contributed by atoms with E-state index in [0.29, 0.717) is 34.1 Å². The number of benzene rings is 2. The summed E-state index contributed by atoms with van der Waals surface area (Å²) in [7, 11) is 4.50. The number of esters is 1. The predicted octanol–water partition coefficient (Wildman–Crippen LogP) is 1.61. The first-order chi connectivity index (χ1) is 21.8. The van der Waals surface area contributed by atoms with Crippen LogP contribution >= 0.6 is 0 Å². The largest absolute Gasteiger partial charge is 0.496 e. The normalized spacial score (nSPS) is 34.9. The van der Waals surface area contributed by atoms with Gasteiger partial charge in [0, 0.05) is 11.8 Å². The molecule has 2 N–H and O–H groups in total. The lowest BCUT2D eigenvalue weighted by Crippen LogP contribution is -2.63. The van der Waals surface area contributed by atoms with E-state index in [1.54, 1.807) is 6.92 Å². The van der Waals surface area contributed by atoms with E-state index in [0.717, 1.165) is 11.1 Å². The number of fused-ring (bicyclic) bond motifs is 4. The van der Waals surface area contributed by atoms with Crippen LogP contribution in [-0.4, -0.2) is 101 Å². The Morgan fingerprint density at radius 1 is 0.911 bits per heavy atom. The molecule has 2 aromatic carbocycles. The van der Waals surface area contributed by atoms with E-state index in [-0.39, 0.29) is 20.0 Å². The van der Waals surface area contributed by atoms with Gasteiger partial charge < -0.3 is 57.7 Å². The van der Waals surface area contributed by atoms with Crippen LogP contribution in [0, 0.1) is 11.8 Å². The number of rotatable bonds is 7. The van der Waals surface area contributed by atoms with Crippen molar-refractivity contribution in [1.82, 2.24) is 0 Å². The Labute approximate surface area is 258 Å². The van der Waals surface area contributed by atoms with Crippen LogP contribution in [0.4, 0.5) is 0 Å². The van der Waals surface area contributed by atoms with Gasteiger partial charge in [-0.15, -0.1) is 0 Å². The Bertz CT molecular complexity index is 1450. The molecule has 0 amide bonds. The van der Waals surface area contributed by atoms with Gasteiger partial charge in [-0.25, -0.2) is 0 Å². The fourth-order valence-electron chi connectivity index (χ4n) is 7.01. The second kappa shape index (κ2) is 11.9. The summed E-state index contributed by atoms with van der Waals surface area (Å²) >= 11 is 0. The number of carbonyl (C=O) groups is 1. The van der Waals surface area contributed by atoms with Crippen molar-refractivity contribution in [2.75, 3.05) is 41.3 Å². The van der Waals surface area contributed by atoms with Crippen LogP contribution in [0.25, 0.3) is 0 Å². The standard InChI is InChI=1S/C31H35NO13/c1-13-39-11-23-29(43-13)26(33)27(34)31(44-23)45-28-16-8-22-21(41-12-42-22)7-15(16)24(25-18(28)10-40-30(25)35)14-5-19(36-2)17(9-32-38-4)20(6-14)37-3/h5-9,13,18,23-29,31,33-34H,10-12H2,1-4H3/b32-9-/t13?,18-,23?,24?,25-,26?,27?,28+,29?,31?/m0/s1. The molecule has 3 fully saturated rings. The fraction of sp³-hybridized carbons (Fsp3) is 0.548. The number of hydrogen-bond acceptors (Lipinski definition) is 14. The van der Waals surface area contributed by atoms with Crippen LogP contribution in [0.2, 0.25) is 0 Å². The molecular weight excluding hydrogens is 594 g/mol. The topological polar surface area (TPSA) is 162 Å². The number of carbonyl (C=O) groups excluding carboxylic acids is 1. The summed E-state index contributed by atoms with van der Waals surface area (Å²) in [4.78, 5) is 18.4. The van der Waals surface area contributed by atoms with Gasteiger partial charge in [0.2, 0.25) is 6.79 Å². The number of hydrogen-bond donors (Lipinski definition) is 2. The molecule has 7 rings (SSSR count). The molecule has 0 bridgehead atoms. The van der Waals surface area contributed by atoms with Gasteiger partial charge >= 0.3 is 5.97 Å². The fourth-order valence-corrected chi connectivity index (χ4v) is 7.01. The van der Waals surface area contributed by atoms with Crippen LogP contribution in [0.3, 0.4) is 0 Å². The first-order valence-electron chi connectivity index (χ1n) is 14.7. The zero-order valence-corrected chi connectivity index (χ0v) is 25.1. The molecule has 7 unspecified atom stereocenters. The first kappa shape index (κ1) is 30.0. The minimum atomic E-state index is -1.43. The highest BCUT2D eigenvalue weighted by Crippen LogP contribution is 2.56. The zero-order chi connectivity index (χ0) is 31.4. The summed E-state index contributed by atoms with van der Waals surface area (Å²) in [5.74, 6) is -0.174. The maximum atomic E-state index is 13.5. The lowest BCUT2D eigenvalue weighted by Gasteiger charge is -2.47. The monoisotopic (exact) mass is 629 g/mol. The molecule has 0 aromatic heterocycles. The van der Waals surface area contributed by atoms with Crippen molar-refractivity contribution in [2.24, 2.45) is 17.0 Å². The predicted molar refractivity (Wildman–Crippen MR) is 151 cm³/mol. The van der Waals surface area contributed by atoms with Gasteiger partial charge in [-0.1, -0.05) is 5.16 Å². The molecule has 1 aliphatic carbocycles. The maximum Gasteiger partial charge on any atom is 0.310 e. The summed E-state index contributed by atoms with van der Waals surface area (Å²) in [6.45, 7) is 1.96. The number of aliphatic hydroxyl groups is 2. The smallest absolute Gasteiger partial charge is 0.310 e. The second-order valence-corrected chi connectivity index (χ2v) is 11.5. The van der Waals surface area contributed by atoms with Gasteiger partial charge in [-0.05, 0) is 47.9 Å². The van der Waals surface area contributed by atoms with E-state index in [9.17, 15) is 15.0 Å². The number of oxime groups is 1. The third-order valence-electron chi connectivity index (χ3n) is 9.10. The van der Waals surface area contributed by atoms with E-state index >= 15 is 0 Å². The highest BCUT2D eigenvalue weighted by Gasteiger charge is 2.56. The van der Waals surface area contributed by atoms with Crippen molar-refractivity contribution < 1.29 is 62.5 Å². The summed E-state index contributed by atoms with van der Waals surface area (Å²) in [6, 6.07) is 7.33. The quantitative estimate of drug-likeness (QED) is 0.258. The summed E-state index contributed by atoms with van der Waals surface area (Å²) in [5.41, 5.74) is 2.71. The molecule has 0 saturated carbocycles. The SMILES string of the molecule is CO/N=C\c1c(OC)cc(C2c3cc4c(cc3[C@@H](OC3OC5COC(C)OC5C(O)C3O)[C@H]3COC(=O)[C@H]23)OCO4)cc1OC. The van der Waals surface area contributed by atoms with E-state index < -0.39 is 66.8 Å². The lowest BCUT2D eigenvalue weighted by atomic mass is 9.66. The molecule has 14 heteroatoms. The number of cyclic esters (lactones) is 1. The van der Waals surface area contributed by atoms with E-state index in [4.69, 9.17) is 47.5 Å². The van der Waals surface area contributed by atoms with Gasteiger partial charge in [0.25, 0.3) is 0 Å². The van der Waals surface area contributed by atoms with E-state index in [2.05, 4.69) is 5.16 Å². The average Bonchev–Trinajstić information content (AvgIpc) is 3.67. The average molecular weight is 630 g/mol. The number of nitrogens with zero attached hydrogens (tertiary/aromatic N) is 1. The molecule has 2 aromatic rings. The molecule has 4 heterocycles. The maximum absolute atomic E-state index is 13.5. The molecule has 5 aliphatic rings. The lowest BCUT2D eigenvalue weighted by molar-refractivity contribution is -0.364. The number of ether oxygens (including phenoxy) is 9. The second-order valence-electron chi connectivity index (χ2n) is 11.5. The van der Waals surface area contributed by atoms with Gasteiger partial charge in [0.15, 0.2) is 24.1 Å². The van der Waals surface area contributed by atoms with E-state index in [1.807, 2.05) is 24.3 Å². The molecule has 0 radical (unpaired) electrons. The first-order valence-corrected chi connectivity index (χ1v) is 14.7. The van der Waals surface area contributed by atoms with Crippen molar-refractivity contribution in [3.63, 3.8) is 0 Å². The highest BCUT2D eigenvalue weighted by atomic mass is 16.8. The van der Waals surface area contributed by atoms with Crippen molar-refractivity contribution in [3.05, 3.63) is 46.5 Å². The Balaban J connectivity index is 1.32. The van der Waals surface area contributed by atoms with E-state index in [1.165, 1.54) is 27.5 Å². The van der Waals surface area contributed by atoms with Crippen molar-refractivity contribution >= 4 is 12.2 Å². The van der Waals surface area contributed by atoms with Gasteiger partial charge in [-0.2, -0.15) is 0 Å². The summed E-state index contributed by atoms with van der Waals surface area (Å²) < 4.78 is 52.4. The third-order valence-corrected chi connectivity index (χ3v) is 9.10. The van der Waals surface area contributed by atoms with Gasteiger partial charge in [-0.3, -0.25) is 4.79 Å². The zero-order valence-electron chi connectivity index (χ0n) is 25.1. The molecule has 0 spiro atoms. The van der Waals surface area contributed by atoms with Crippen molar-refractivity contribution in [1.29, 1.82) is 0 Å². The number of methoxy groups -OCH3 is 2. The van der Waals surface area contributed by atoms with Crippen molar-refractivity contribution in [2.45, 2.75) is 55.9 Å². The summed E-state index contributed by atoms with van der Waals surface area (Å²) in [6.07, 6.45) is -5.28. The molecule has 14 nitrogen and oxygen atoms in total. The van der Waals surface area contributed by atoms with Gasteiger partial charge in [0.05, 0.1) is 51.2 Å². The minimum absolute atomic E-state index is 0.0383. The van der Waals surface area contributed by atoms with Crippen LogP contribution in [0.5, 0.6) is 23.0 Å². The van der Waals surface area contributed by atoms with Crippen LogP contribution in [0.1, 0.15) is 41.2 Å². The Hall–Kier alpha value is -3.66.